The summed E-state index contributed by atoms with van der Waals surface area (Å²) in [6.45, 7) is 9.82. The smallest absolute Gasteiger partial charge is 0.173 e. The number of aromatic nitrogens is 1. The Morgan fingerprint density at radius 2 is 1.43 bits per heavy atom. The molecule has 1 heterocycles. The summed E-state index contributed by atoms with van der Waals surface area (Å²) in [6.07, 6.45) is 6.87. The van der Waals surface area contributed by atoms with E-state index in [0.717, 1.165) is 6.54 Å². The van der Waals surface area contributed by atoms with Crippen LogP contribution >= 0.6 is 0 Å². The fourth-order valence-corrected chi connectivity index (χ4v) is 2.98. The van der Waals surface area contributed by atoms with Crippen LogP contribution in [0.2, 0.25) is 0 Å². The molecule has 0 amide bonds. The second-order valence-electron chi connectivity index (χ2n) is 5.81. The van der Waals surface area contributed by atoms with E-state index in [1.165, 1.54) is 35.1 Å². The van der Waals surface area contributed by atoms with E-state index in [2.05, 4.69) is 75.0 Å². The number of hydrogen-bond donors (Lipinski definition) is 0. The van der Waals surface area contributed by atoms with Crippen LogP contribution in [0.1, 0.15) is 54.9 Å². The van der Waals surface area contributed by atoms with Crippen molar-refractivity contribution in [2.45, 2.75) is 53.0 Å². The van der Waals surface area contributed by atoms with Gasteiger partial charge < -0.3 is 12.4 Å². The van der Waals surface area contributed by atoms with Gasteiger partial charge in [-0.25, -0.2) is 4.57 Å². The Kier molecular flexibility index (Phi) is 6.91. The molecule has 0 saturated heterocycles. The Hall–Kier alpha value is -1.34. The summed E-state index contributed by atoms with van der Waals surface area (Å²) < 4.78 is 2.26. The Bertz CT molecular complexity index is 536. The lowest BCUT2D eigenvalue weighted by molar-refractivity contribution is -0.688. The highest BCUT2D eigenvalue weighted by Crippen LogP contribution is 2.21. The molecule has 0 radical (unpaired) electrons. The Balaban J connectivity index is 0.00000220. The summed E-state index contributed by atoms with van der Waals surface area (Å²) in [5.41, 5.74) is 5.53. The van der Waals surface area contributed by atoms with Crippen molar-refractivity contribution in [2.75, 3.05) is 0 Å². The third kappa shape index (κ3) is 4.86. The van der Waals surface area contributed by atoms with Crippen LogP contribution in [0.5, 0.6) is 0 Å². The van der Waals surface area contributed by atoms with Gasteiger partial charge in [0.25, 0.3) is 0 Å². The first-order chi connectivity index (χ1) is 9.62. The molecule has 0 N–H and O–H groups in total. The number of pyridine rings is 1. The third-order valence-electron chi connectivity index (χ3n) is 4.02. The highest BCUT2D eigenvalue weighted by atomic mass is 35.5. The Labute approximate surface area is 135 Å². The Morgan fingerprint density at radius 1 is 0.905 bits per heavy atom. The summed E-state index contributed by atoms with van der Waals surface area (Å²) in [5.74, 6) is 0.700. The minimum absolute atomic E-state index is 0. The fourth-order valence-electron chi connectivity index (χ4n) is 2.98. The van der Waals surface area contributed by atoms with Crippen molar-refractivity contribution < 1.29 is 17.0 Å². The molecule has 21 heavy (non-hydrogen) atoms. The van der Waals surface area contributed by atoms with E-state index in [9.17, 15) is 0 Å². The van der Waals surface area contributed by atoms with E-state index in [4.69, 9.17) is 0 Å². The number of benzene rings is 1. The predicted molar refractivity (Wildman–Crippen MR) is 85.0 cm³/mol. The van der Waals surface area contributed by atoms with Gasteiger partial charge in [0.1, 0.15) is 0 Å². The minimum Gasteiger partial charge on any atom is -1.00 e. The normalized spacial score (nSPS) is 10.5. The van der Waals surface area contributed by atoms with Crippen LogP contribution in [0.3, 0.4) is 0 Å². The van der Waals surface area contributed by atoms with Crippen LogP contribution < -0.4 is 17.0 Å². The van der Waals surface area contributed by atoms with Gasteiger partial charge in [-0.1, -0.05) is 31.0 Å². The summed E-state index contributed by atoms with van der Waals surface area (Å²) in [4.78, 5) is 0. The lowest BCUT2D eigenvalue weighted by atomic mass is 9.95. The van der Waals surface area contributed by atoms with Gasteiger partial charge in [-0.05, 0) is 50.3 Å². The fraction of sp³-hybridized carbons (Fsp3) is 0.421. The molecule has 0 aliphatic rings. The van der Waals surface area contributed by atoms with Gasteiger partial charge in [0.05, 0.1) is 0 Å². The molecule has 2 heteroatoms. The molecule has 1 nitrogen and oxygen atoms in total. The van der Waals surface area contributed by atoms with Crippen LogP contribution in [0.4, 0.5) is 0 Å². The Morgan fingerprint density at radius 3 is 1.90 bits per heavy atom. The van der Waals surface area contributed by atoms with Crippen LogP contribution in [0, 0.1) is 13.8 Å². The van der Waals surface area contributed by atoms with Gasteiger partial charge in [0.15, 0.2) is 18.9 Å². The summed E-state index contributed by atoms with van der Waals surface area (Å²) in [5, 5.41) is 0. The number of aryl methyl sites for hydroxylation is 2. The molecule has 0 saturated carbocycles. The van der Waals surface area contributed by atoms with Gasteiger partial charge in [0, 0.05) is 17.7 Å². The number of rotatable bonds is 5. The number of hydrogen-bond acceptors (Lipinski definition) is 0. The molecule has 0 unspecified atom stereocenters. The first-order valence-corrected chi connectivity index (χ1v) is 7.68. The van der Waals surface area contributed by atoms with Crippen molar-refractivity contribution >= 4 is 0 Å². The maximum atomic E-state index is 2.28. The van der Waals surface area contributed by atoms with Crippen molar-refractivity contribution in [3.05, 3.63) is 65.0 Å². The van der Waals surface area contributed by atoms with E-state index in [1.54, 1.807) is 0 Å². The molecule has 0 aliphatic heterocycles. The molecule has 1 aromatic heterocycles. The van der Waals surface area contributed by atoms with Crippen molar-refractivity contribution in [1.82, 2.24) is 0 Å². The van der Waals surface area contributed by atoms with Crippen molar-refractivity contribution in [1.29, 1.82) is 0 Å². The van der Waals surface area contributed by atoms with Crippen molar-refractivity contribution in [3.63, 3.8) is 0 Å². The van der Waals surface area contributed by atoms with E-state index < -0.39 is 0 Å². The average Bonchev–Trinajstić information content (AvgIpc) is 2.41. The first kappa shape index (κ1) is 17.7. The number of nitrogens with zero attached hydrogens (tertiary/aromatic N) is 1. The molecule has 114 valence electrons. The van der Waals surface area contributed by atoms with Gasteiger partial charge >= 0.3 is 0 Å². The van der Waals surface area contributed by atoms with E-state index in [1.807, 2.05) is 0 Å². The standard InChI is InChI=1S/C19H26N.ClH/c1-5-18(6-2)19-7-9-20(10-8-19)14-17-12-15(3)11-16(4)13-17;/h7-13,18H,5-6,14H2,1-4H3;1H/q+1;/p-1. The maximum Gasteiger partial charge on any atom is 0.173 e. The second kappa shape index (κ2) is 8.19. The zero-order valence-electron chi connectivity index (χ0n) is 13.6. The zero-order chi connectivity index (χ0) is 14.5. The van der Waals surface area contributed by atoms with E-state index >= 15 is 0 Å². The topological polar surface area (TPSA) is 3.88 Å². The van der Waals surface area contributed by atoms with E-state index in [-0.39, 0.29) is 12.4 Å². The molecule has 0 spiro atoms. The molecular weight excluding hydrogens is 278 g/mol. The quantitative estimate of drug-likeness (QED) is 0.738. The first-order valence-electron chi connectivity index (χ1n) is 7.68. The van der Waals surface area contributed by atoms with Gasteiger partial charge in [0.2, 0.25) is 0 Å². The lowest BCUT2D eigenvalue weighted by Crippen LogP contribution is -3.00. The summed E-state index contributed by atoms with van der Waals surface area (Å²) >= 11 is 0. The average molecular weight is 304 g/mol. The van der Waals surface area contributed by atoms with Crippen molar-refractivity contribution in [3.8, 4) is 0 Å². The van der Waals surface area contributed by atoms with Crippen LogP contribution in [-0.2, 0) is 6.54 Å². The lowest BCUT2D eigenvalue weighted by Gasteiger charge is -2.11. The van der Waals surface area contributed by atoms with Crippen LogP contribution in [0.25, 0.3) is 0 Å². The molecule has 2 aromatic rings. The van der Waals surface area contributed by atoms with Crippen LogP contribution in [-0.4, -0.2) is 0 Å². The SMILES string of the molecule is CCC(CC)c1cc[n+](Cc2cc(C)cc(C)c2)cc1.[Cl-]. The van der Waals surface area contributed by atoms with Gasteiger partial charge in [-0.15, -0.1) is 0 Å². The molecule has 2 rings (SSSR count). The number of halogens is 1. The second-order valence-corrected chi connectivity index (χ2v) is 5.81. The van der Waals surface area contributed by atoms with Gasteiger partial charge in [-0.3, -0.25) is 0 Å². The summed E-state index contributed by atoms with van der Waals surface area (Å²) in [6, 6.07) is 11.3. The largest absolute Gasteiger partial charge is 1.00 e. The summed E-state index contributed by atoms with van der Waals surface area (Å²) in [7, 11) is 0. The molecule has 0 fully saturated rings. The van der Waals surface area contributed by atoms with E-state index in [0.29, 0.717) is 5.92 Å². The highest BCUT2D eigenvalue weighted by molar-refractivity contribution is 5.28. The van der Waals surface area contributed by atoms with Crippen LogP contribution in [0.15, 0.2) is 42.7 Å². The molecule has 0 bridgehead atoms. The zero-order valence-corrected chi connectivity index (χ0v) is 14.3. The minimum atomic E-state index is 0. The molecule has 0 aliphatic carbocycles. The molecular formula is C19H26ClN. The maximum absolute atomic E-state index is 2.28. The molecule has 1 aromatic carbocycles. The monoisotopic (exact) mass is 303 g/mol. The van der Waals surface area contributed by atoms with Gasteiger partial charge in [-0.2, -0.15) is 0 Å². The molecule has 0 atom stereocenters. The third-order valence-corrected chi connectivity index (χ3v) is 4.02. The predicted octanol–water partition coefficient (Wildman–Crippen LogP) is 1.55. The highest BCUT2D eigenvalue weighted by Gasteiger charge is 2.09. The van der Waals surface area contributed by atoms with Crippen molar-refractivity contribution in [2.24, 2.45) is 0 Å².